The Morgan fingerprint density at radius 2 is 1.38 bits per heavy atom. The van der Waals surface area contributed by atoms with Gasteiger partial charge in [-0.3, -0.25) is 33.8 Å². The van der Waals surface area contributed by atoms with Crippen molar-refractivity contribution in [2.24, 2.45) is 16.5 Å². The standard InChI is InChI=1S/C24H45N9O9/c1-5-17(37)29-10-18(38)30-14(7-6-8-28-24(25)26)20(39)32-16(11-34)22(41)31-15(9-12(2)35)21(40)33-19(13(3)36)23(42)27-4/h12-16,19,34-36H,5-11H2,1-4H3,(H,27,42)(H,29,37)(H,30,38)(H,31,41)(H,32,39)(H,33,40)(H4,25,26,28)/t12?,13-,14+,15+,16+,19+/m1/s1. The van der Waals surface area contributed by atoms with Gasteiger partial charge in [-0.25, -0.2) is 0 Å². The number of nitrogens with zero attached hydrogens (tertiary/aromatic N) is 1. The van der Waals surface area contributed by atoms with Crippen molar-refractivity contribution in [1.82, 2.24) is 31.9 Å². The van der Waals surface area contributed by atoms with Crippen molar-refractivity contribution in [3.63, 3.8) is 0 Å². The van der Waals surface area contributed by atoms with Crippen LogP contribution in [0.1, 0.15) is 46.5 Å². The molecule has 0 saturated carbocycles. The minimum Gasteiger partial charge on any atom is -0.394 e. The van der Waals surface area contributed by atoms with Crippen molar-refractivity contribution in [2.75, 3.05) is 26.7 Å². The minimum atomic E-state index is -1.59. The molecule has 18 nitrogen and oxygen atoms in total. The molecule has 0 radical (unpaired) electrons. The first-order valence-corrected chi connectivity index (χ1v) is 13.4. The third kappa shape index (κ3) is 15.1. The van der Waals surface area contributed by atoms with Crippen LogP contribution < -0.4 is 43.4 Å². The highest BCUT2D eigenvalue weighted by atomic mass is 16.3. The first kappa shape index (κ1) is 38.0. The average molecular weight is 604 g/mol. The third-order valence-corrected chi connectivity index (χ3v) is 5.70. The van der Waals surface area contributed by atoms with Gasteiger partial charge in [-0.2, -0.15) is 0 Å². The highest BCUT2D eigenvalue weighted by Crippen LogP contribution is 2.04. The van der Waals surface area contributed by atoms with Gasteiger partial charge >= 0.3 is 0 Å². The molecule has 0 aromatic rings. The predicted molar refractivity (Wildman–Crippen MR) is 150 cm³/mol. The van der Waals surface area contributed by atoms with Gasteiger partial charge < -0.3 is 58.7 Å². The topological polar surface area (TPSA) is 300 Å². The van der Waals surface area contributed by atoms with E-state index in [0.29, 0.717) is 0 Å². The van der Waals surface area contributed by atoms with Crippen molar-refractivity contribution >= 4 is 41.4 Å². The van der Waals surface area contributed by atoms with Gasteiger partial charge in [-0.15, -0.1) is 0 Å². The summed E-state index contributed by atoms with van der Waals surface area (Å²) in [5.74, 6) is -4.76. The molecule has 0 bridgehead atoms. The molecular weight excluding hydrogens is 558 g/mol. The van der Waals surface area contributed by atoms with E-state index in [1.807, 2.05) is 0 Å². The minimum absolute atomic E-state index is 0.0170. The summed E-state index contributed by atoms with van der Waals surface area (Å²) in [4.78, 5) is 78.4. The summed E-state index contributed by atoms with van der Waals surface area (Å²) in [6, 6.07) is -5.60. The number of aliphatic hydroxyl groups excluding tert-OH is 3. The third-order valence-electron chi connectivity index (χ3n) is 5.70. The zero-order valence-electron chi connectivity index (χ0n) is 24.3. The summed E-state index contributed by atoms with van der Waals surface area (Å²) in [5, 5.41) is 43.5. The maximum absolute atomic E-state index is 13.0. The van der Waals surface area contributed by atoms with E-state index >= 15 is 0 Å². The number of carbonyl (C=O) groups excluding carboxylic acids is 6. The number of rotatable bonds is 19. The Labute approximate surface area is 243 Å². The number of guanidine groups is 1. The molecule has 0 fully saturated rings. The molecule has 0 spiro atoms. The van der Waals surface area contributed by atoms with Crippen LogP contribution in [-0.2, 0) is 28.8 Å². The predicted octanol–water partition coefficient (Wildman–Crippen LogP) is -5.60. The molecule has 6 atom stereocenters. The highest BCUT2D eigenvalue weighted by molar-refractivity contribution is 5.96. The van der Waals surface area contributed by atoms with E-state index in [-0.39, 0.29) is 44.1 Å². The van der Waals surface area contributed by atoms with Gasteiger partial charge in [-0.05, 0) is 26.7 Å². The number of aliphatic imine (C=N–C) groups is 1. The smallest absolute Gasteiger partial charge is 0.245 e. The van der Waals surface area contributed by atoms with Gasteiger partial charge in [0.1, 0.15) is 24.2 Å². The second kappa shape index (κ2) is 19.9. The second-order valence-corrected chi connectivity index (χ2v) is 9.43. The van der Waals surface area contributed by atoms with Gasteiger partial charge in [0.2, 0.25) is 35.4 Å². The number of likely N-dealkylation sites (N-methyl/N-ethyl adjacent to an activating group) is 1. The Hall–Kier alpha value is -4.03. The van der Waals surface area contributed by atoms with Crippen molar-refractivity contribution in [3.8, 4) is 0 Å². The van der Waals surface area contributed by atoms with Crippen LogP contribution in [0.3, 0.4) is 0 Å². The molecule has 18 heteroatoms. The number of carbonyl (C=O) groups is 6. The zero-order valence-corrected chi connectivity index (χ0v) is 24.3. The summed E-state index contributed by atoms with van der Waals surface area (Å²) in [6.07, 6.45) is -2.30. The molecule has 0 aliphatic carbocycles. The first-order chi connectivity index (χ1) is 19.7. The van der Waals surface area contributed by atoms with Crippen LogP contribution in [0.2, 0.25) is 0 Å². The number of hydrogen-bond acceptors (Lipinski definition) is 10. The molecule has 6 amide bonds. The summed E-state index contributed by atoms with van der Waals surface area (Å²) < 4.78 is 0. The number of hydrogen-bond donors (Lipinski definition) is 11. The molecule has 0 rings (SSSR count). The summed E-state index contributed by atoms with van der Waals surface area (Å²) in [7, 11) is 1.30. The summed E-state index contributed by atoms with van der Waals surface area (Å²) in [6.45, 7) is 3.02. The van der Waals surface area contributed by atoms with Crippen LogP contribution in [0.5, 0.6) is 0 Å². The van der Waals surface area contributed by atoms with Crippen LogP contribution in [0, 0.1) is 0 Å². The molecule has 0 saturated heterocycles. The fourth-order valence-corrected chi connectivity index (χ4v) is 3.45. The number of amides is 6. The van der Waals surface area contributed by atoms with Crippen LogP contribution in [0.4, 0.5) is 0 Å². The van der Waals surface area contributed by atoms with Crippen molar-refractivity contribution in [1.29, 1.82) is 0 Å². The van der Waals surface area contributed by atoms with Crippen LogP contribution in [-0.4, -0.2) is 120 Å². The Bertz CT molecular complexity index is 956. The van der Waals surface area contributed by atoms with E-state index in [2.05, 4.69) is 36.9 Å². The van der Waals surface area contributed by atoms with Crippen molar-refractivity contribution in [2.45, 2.75) is 82.8 Å². The lowest BCUT2D eigenvalue weighted by Gasteiger charge is -2.27. The fourth-order valence-electron chi connectivity index (χ4n) is 3.45. The van der Waals surface area contributed by atoms with Crippen molar-refractivity contribution in [3.05, 3.63) is 0 Å². The molecule has 42 heavy (non-hydrogen) atoms. The summed E-state index contributed by atoms with van der Waals surface area (Å²) >= 11 is 0. The second-order valence-electron chi connectivity index (χ2n) is 9.43. The van der Waals surface area contributed by atoms with Gasteiger partial charge in [0.25, 0.3) is 0 Å². The Morgan fingerprint density at radius 1 is 0.810 bits per heavy atom. The zero-order chi connectivity index (χ0) is 32.4. The van der Waals surface area contributed by atoms with Crippen LogP contribution in [0.15, 0.2) is 4.99 Å². The quantitative estimate of drug-likeness (QED) is 0.0376. The summed E-state index contributed by atoms with van der Waals surface area (Å²) in [5.41, 5.74) is 10.6. The normalized spacial score (nSPS) is 14.9. The lowest BCUT2D eigenvalue weighted by atomic mass is 10.1. The Morgan fingerprint density at radius 3 is 1.88 bits per heavy atom. The van der Waals surface area contributed by atoms with E-state index in [0.717, 1.165) is 0 Å². The van der Waals surface area contributed by atoms with Gasteiger partial charge in [0, 0.05) is 26.4 Å². The molecule has 240 valence electrons. The molecule has 0 aliphatic rings. The monoisotopic (exact) mass is 603 g/mol. The maximum Gasteiger partial charge on any atom is 0.245 e. The van der Waals surface area contributed by atoms with E-state index in [1.165, 1.54) is 20.9 Å². The SMILES string of the molecule is CCC(=O)NCC(=O)N[C@@H](CCCN=C(N)N)C(=O)N[C@@H](CO)C(=O)N[C@@H](CC(C)O)C(=O)N[C@H](C(=O)NC)[C@@H](C)O. The number of nitrogens with one attached hydrogen (secondary N) is 6. The van der Waals surface area contributed by atoms with Gasteiger partial charge in [-0.1, -0.05) is 6.92 Å². The lowest BCUT2D eigenvalue weighted by Crippen LogP contribution is -2.60. The molecule has 0 aromatic heterocycles. The van der Waals surface area contributed by atoms with Gasteiger partial charge in [0.15, 0.2) is 5.96 Å². The molecular formula is C24H45N9O9. The molecule has 1 unspecified atom stereocenters. The number of nitrogens with two attached hydrogens (primary N) is 2. The van der Waals surface area contributed by atoms with Crippen molar-refractivity contribution < 1.29 is 44.1 Å². The van der Waals surface area contributed by atoms with E-state index in [9.17, 15) is 44.1 Å². The van der Waals surface area contributed by atoms with E-state index < -0.39 is 79.1 Å². The van der Waals surface area contributed by atoms with E-state index in [1.54, 1.807) is 6.92 Å². The first-order valence-electron chi connectivity index (χ1n) is 13.4. The van der Waals surface area contributed by atoms with E-state index in [4.69, 9.17) is 11.5 Å². The Kier molecular flexibility index (Phi) is 18.0. The Balaban J connectivity index is 5.65. The molecule has 0 aromatic carbocycles. The molecule has 0 heterocycles. The lowest BCUT2D eigenvalue weighted by molar-refractivity contribution is -0.136. The van der Waals surface area contributed by atoms with Crippen LogP contribution >= 0.6 is 0 Å². The highest BCUT2D eigenvalue weighted by Gasteiger charge is 2.32. The van der Waals surface area contributed by atoms with Gasteiger partial charge in [0.05, 0.1) is 25.4 Å². The number of aliphatic hydroxyl groups is 3. The molecule has 13 N–H and O–H groups in total. The maximum atomic E-state index is 13.0. The molecule has 0 aliphatic heterocycles. The van der Waals surface area contributed by atoms with Crippen LogP contribution in [0.25, 0.3) is 0 Å². The fraction of sp³-hybridized carbons (Fsp3) is 0.708. The average Bonchev–Trinajstić information content (AvgIpc) is 2.92. The largest absolute Gasteiger partial charge is 0.394 e.